The molecule has 10 heteroatoms. The van der Waals surface area contributed by atoms with E-state index in [4.69, 9.17) is 18.4 Å². The van der Waals surface area contributed by atoms with E-state index in [0.29, 0.717) is 17.1 Å². The van der Waals surface area contributed by atoms with Crippen LogP contribution in [0.15, 0.2) is 53.4 Å². The van der Waals surface area contributed by atoms with Crippen molar-refractivity contribution in [2.75, 3.05) is 27.9 Å². The second kappa shape index (κ2) is 10.7. The number of benzene rings is 2. The fraction of sp³-hybridized carbons (Fsp3) is 0.333. The minimum absolute atomic E-state index is 0.00541. The predicted molar refractivity (Wildman–Crippen MR) is 124 cm³/mol. The maximum atomic E-state index is 12.9. The van der Waals surface area contributed by atoms with Gasteiger partial charge in [-0.2, -0.15) is 8.42 Å². The standard InChI is InChI=1S/C24H27NO8S/c1-16-5-9-19(10-6-16)34(28,29)33-18-14-20(24(27)32-4)25(15-18)23(26)12-8-17-7-11-21(30-2)22(13-17)31-3/h5-13,18,20H,14-15H2,1-4H3/b12-8+/t18-,20+/m1/s1. The average molecular weight is 490 g/mol. The molecule has 1 fully saturated rings. The number of likely N-dealkylation sites (tertiary alicyclic amines) is 1. The van der Waals surface area contributed by atoms with Crippen molar-refractivity contribution in [1.29, 1.82) is 0 Å². The molecule has 2 aromatic rings. The predicted octanol–water partition coefficient (Wildman–Crippen LogP) is 2.57. The fourth-order valence-electron chi connectivity index (χ4n) is 3.63. The second-order valence-electron chi connectivity index (χ2n) is 7.70. The van der Waals surface area contributed by atoms with Gasteiger partial charge in [0.1, 0.15) is 6.04 Å². The number of carbonyl (C=O) groups is 2. The van der Waals surface area contributed by atoms with Gasteiger partial charge in [-0.3, -0.25) is 8.98 Å². The summed E-state index contributed by atoms with van der Waals surface area (Å²) in [5.41, 5.74) is 1.58. The van der Waals surface area contributed by atoms with Crippen LogP contribution in [0.5, 0.6) is 11.5 Å². The van der Waals surface area contributed by atoms with Gasteiger partial charge in [0.2, 0.25) is 5.91 Å². The molecule has 1 amide bonds. The first-order valence-electron chi connectivity index (χ1n) is 10.5. The molecule has 9 nitrogen and oxygen atoms in total. The van der Waals surface area contributed by atoms with Crippen LogP contribution in [0.3, 0.4) is 0 Å². The molecule has 2 atom stereocenters. The summed E-state index contributed by atoms with van der Waals surface area (Å²) >= 11 is 0. The number of esters is 1. The highest BCUT2D eigenvalue weighted by Gasteiger charge is 2.42. The second-order valence-corrected chi connectivity index (χ2v) is 9.27. The number of amides is 1. The number of hydrogen-bond donors (Lipinski definition) is 0. The van der Waals surface area contributed by atoms with Crippen molar-refractivity contribution in [1.82, 2.24) is 4.90 Å². The number of ether oxygens (including phenoxy) is 3. The molecule has 0 N–H and O–H groups in total. The maximum Gasteiger partial charge on any atom is 0.328 e. The summed E-state index contributed by atoms with van der Waals surface area (Å²) in [6.07, 6.45) is 1.96. The highest BCUT2D eigenvalue weighted by Crippen LogP contribution is 2.29. The minimum atomic E-state index is -4.07. The third-order valence-corrected chi connectivity index (χ3v) is 6.79. The van der Waals surface area contributed by atoms with Crippen molar-refractivity contribution in [3.63, 3.8) is 0 Å². The number of nitrogens with zero attached hydrogens (tertiary/aromatic N) is 1. The minimum Gasteiger partial charge on any atom is -0.493 e. The lowest BCUT2D eigenvalue weighted by Crippen LogP contribution is -2.40. The van der Waals surface area contributed by atoms with Gasteiger partial charge in [0, 0.05) is 19.0 Å². The molecule has 0 unspecified atom stereocenters. The Hall–Kier alpha value is -3.37. The van der Waals surface area contributed by atoms with Crippen LogP contribution in [0, 0.1) is 6.92 Å². The van der Waals surface area contributed by atoms with Crippen LogP contribution in [-0.2, 0) is 28.6 Å². The van der Waals surface area contributed by atoms with Gasteiger partial charge in [-0.15, -0.1) is 0 Å². The Morgan fingerprint density at radius 1 is 1.00 bits per heavy atom. The smallest absolute Gasteiger partial charge is 0.328 e. The Bertz CT molecular complexity index is 1170. The Balaban J connectivity index is 1.77. The molecule has 34 heavy (non-hydrogen) atoms. The summed E-state index contributed by atoms with van der Waals surface area (Å²) in [5.74, 6) is -0.0812. The van der Waals surface area contributed by atoms with Crippen LogP contribution in [0.2, 0.25) is 0 Å². The van der Waals surface area contributed by atoms with Crippen LogP contribution in [0.25, 0.3) is 6.08 Å². The highest BCUT2D eigenvalue weighted by atomic mass is 32.2. The lowest BCUT2D eigenvalue weighted by Gasteiger charge is -2.20. The van der Waals surface area contributed by atoms with E-state index in [2.05, 4.69) is 0 Å². The first kappa shape index (κ1) is 25.3. The average Bonchev–Trinajstić information content (AvgIpc) is 3.25. The molecule has 1 aliphatic rings. The fourth-order valence-corrected chi connectivity index (χ4v) is 4.71. The summed E-state index contributed by atoms with van der Waals surface area (Å²) in [6.45, 7) is 1.76. The zero-order valence-electron chi connectivity index (χ0n) is 19.4. The van der Waals surface area contributed by atoms with Crippen LogP contribution in [-0.4, -0.2) is 65.2 Å². The molecule has 0 aliphatic carbocycles. The molecule has 0 bridgehead atoms. The molecule has 1 saturated heterocycles. The van der Waals surface area contributed by atoms with E-state index in [0.717, 1.165) is 5.56 Å². The molecule has 0 saturated carbocycles. The lowest BCUT2D eigenvalue weighted by molar-refractivity contribution is -0.149. The van der Waals surface area contributed by atoms with Crippen molar-refractivity contribution in [2.45, 2.75) is 30.4 Å². The van der Waals surface area contributed by atoms with Gasteiger partial charge >= 0.3 is 5.97 Å². The number of rotatable bonds is 8. The van der Waals surface area contributed by atoms with Crippen molar-refractivity contribution in [2.24, 2.45) is 0 Å². The monoisotopic (exact) mass is 489 g/mol. The zero-order chi connectivity index (χ0) is 24.9. The summed E-state index contributed by atoms with van der Waals surface area (Å²) in [7, 11) is 0.170. The van der Waals surface area contributed by atoms with Crippen LogP contribution < -0.4 is 9.47 Å². The molecule has 2 aromatic carbocycles. The van der Waals surface area contributed by atoms with E-state index in [1.54, 1.807) is 36.4 Å². The normalized spacial score (nSPS) is 18.2. The van der Waals surface area contributed by atoms with Gasteiger partial charge in [-0.25, -0.2) is 4.79 Å². The molecule has 1 heterocycles. The molecular formula is C24H27NO8S. The van der Waals surface area contributed by atoms with Gasteiger partial charge in [0.15, 0.2) is 11.5 Å². The molecule has 0 radical (unpaired) electrons. The number of aryl methyl sites for hydroxylation is 1. The van der Waals surface area contributed by atoms with E-state index in [9.17, 15) is 18.0 Å². The lowest BCUT2D eigenvalue weighted by atomic mass is 10.1. The number of carbonyl (C=O) groups excluding carboxylic acids is 2. The molecule has 0 spiro atoms. The molecular weight excluding hydrogens is 462 g/mol. The van der Waals surface area contributed by atoms with Gasteiger partial charge in [-0.1, -0.05) is 23.8 Å². The topological polar surface area (TPSA) is 108 Å². The van der Waals surface area contributed by atoms with Crippen LogP contribution in [0.1, 0.15) is 17.5 Å². The maximum absolute atomic E-state index is 12.9. The van der Waals surface area contributed by atoms with E-state index in [1.807, 2.05) is 6.92 Å². The SMILES string of the molecule is COC(=O)[C@@H]1C[C@@H](OS(=O)(=O)c2ccc(C)cc2)CN1C(=O)/C=C/c1ccc(OC)c(OC)c1. The molecule has 182 valence electrons. The van der Waals surface area contributed by atoms with E-state index < -0.39 is 34.1 Å². The van der Waals surface area contributed by atoms with Gasteiger partial charge in [-0.05, 0) is 42.8 Å². The molecule has 0 aromatic heterocycles. The van der Waals surface area contributed by atoms with E-state index >= 15 is 0 Å². The Morgan fingerprint density at radius 3 is 2.29 bits per heavy atom. The van der Waals surface area contributed by atoms with Crippen LogP contribution in [0.4, 0.5) is 0 Å². The Morgan fingerprint density at radius 2 is 1.68 bits per heavy atom. The van der Waals surface area contributed by atoms with Crippen molar-refractivity contribution in [3.05, 3.63) is 59.7 Å². The number of hydrogen-bond acceptors (Lipinski definition) is 8. The van der Waals surface area contributed by atoms with E-state index in [-0.39, 0.29) is 17.9 Å². The van der Waals surface area contributed by atoms with Crippen LogP contribution >= 0.6 is 0 Å². The van der Waals surface area contributed by atoms with Crippen molar-refractivity contribution < 1.29 is 36.4 Å². The third kappa shape index (κ3) is 5.75. The van der Waals surface area contributed by atoms with Crippen molar-refractivity contribution >= 4 is 28.1 Å². The summed E-state index contributed by atoms with van der Waals surface area (Å²) in [4.78, 5) is 26.5. The van der Waals surface area contributed by atoms with Gasteiger partial charge < -0.3 is 19.1 Å². The molecule has 1 aliphatic heterocycles. The molecule has 3 rings (SSSR count). The first-order chi connectivity index (χ1) is 16.2. The first-order valence-corrected chi connectivity index (χ1v) is 11.9. The Kier molecular flexibility index (Phi) is 7.95. The summed E-state index contributed by atoms with van der Waals surface area (Å²) in [6, 6.07) is 10.4. The summed E-state index contributed by atoms with van der Waals surface area (Å²) < 4.78 is 46.0. The Labute approximate surface area is 199 Å². The van der Waals surface area contributed by atoms with Gasteiger partial charge in [0.05, 0.1) is 32.3 Å². The highest BCUT2D eigenvalue weighted by molar-refractivity contribution is 7.86. The largest absolute Gasteiger partial charge is 0.493 e. The summed E-state index contributed by atoms with van der Waals surface area (Å²) in [5, 5.41) is 0. The van der Waals surface area contributed by atoms with Crippen molar-refractivity contribution in [3.8, 4) is 11.5 Å². The van der Waals surface area contributed by atoms with Gasteiger partial charge in [0.25, 0.3) is 10.1 Å². The number of methoxy groups -OCH3 is 3. The zero-order valence-corrected chi connectivity index (χ0v) is 20.2. The third-order valence-electron chi connectivity index (χ3n) is 5.42. The quantitative estimate of drug-likeness (QED) is 0.316. The van der Waals surface area contributed by atoms with E-state index in [1.165, 1.54) is 44.4 Å².